The molecule has 0 saturated heterocycles. The van der Waals surface area contributed by atoms with Crippen LogP contribution in [0.1, 0.15) is 36.9 Å². The van der Waals surface area contributed by atoms with Crippen molar-refractivity contribution in [3.8, 4) is 0 Å². The van der Waals surface area contributed by atoms with E-state index in [-0.39, 0.29) is 24.1 Å². The Hall–Kier alpha value is -0.770. The van der Waals surface area contributed by atoms with Crippen molar-refractivity contribution in [3.63, 3.8) is 0 Å². The molecule has 1 aliphatic carbocycles. The molecule has 20 heavy (non-hydrogen) atoms. The summed E-state index contributed by atoms with van der Waals surface area (Å²) >= 11 is 6.41. The molecular weight excluding hydrogens is 287 g/mol. The Morgan fingerprint density at radius 1 is 1.30 bits per heavy atom. The molecule has 1 atom stereocenters. The highest BCUT2D eigenvalue weighted by molar-refractivity contribution is 6.20. The van der Waals surface area contributed by atoms with Crippen LogP contribution in [0, 0.1) is 18.8 Å². The lowest BCUT2D eigenvalue weighted by atomic mass is 9.79. The van der Waals surface area contributed by atoms with E-state index in [0.717, 1.165) is 11.3 Å². The normalized spacial score (nSPS) is 25.4. The summed E-state index contributed by atoms with van der Waals surface area (Å²) in [5.41, 5.74) is 2.03. The number of aryl methyl sites for hydroxylation is 1. The lowest BCUT2D eigenvalue weighted by Crippen LogP contribution is -2.31. The summed E-state index contributed by atoms with van der Waals surface area (Å²) in [6.45, 7) is 1.98. The zero-order valence-electron chi connectivity index (χ0n) is 11.5. The van der Waals surface area contributed by atoms with E-state index in [9.17, 15) is 13.2 Å². The van der Waals surface area contributed by atoms with E-state index in [2.05, 4.69) is 4.98 Å². The van der Waals surface area contributed by atoms with Crippen LogP contribution in [0.25, 0.3) is 0 Å². The van der Waals surface area contributed by atoms with Crippen molar-refractivity contribution in [2.75, 3.05) is 0 Å². The van der Waals surface area contributed by atoms with E-state index in [1.807, 2.05) is 19.1 Å². The lowest BCUT2D eigenvalue weighted by Gasteiger charge is -2.32. The van der Waals surface area contributed by atoms with Gasteiger partial charge in [-0.3, -0.25) is 4.98 Å². The number of hydrogen-bond acceptors (Lipinski definition) is 1. The second-order valence-electron chi connectivity index (χ2n) is 5.64. The molecule has 0 N–H and O–H groups in total. The third-order valence-electron chi connectivity index (χ3n) is 4.25. The van der Waals surface area contributed by atoms with Gasteiger partial charge in [-0.05, 0) is 50.2 Å². The Bertz CT molecular complexity index is 439. The fraction of sp³-hybridized carbons (Fsp3) is 0.667. The highest BCUT2D eigenvalue weighted by Crippen LogP contribution is 2.41. The Kier molecular flexibility index (Phi) is 4.95. The van der Waals surface area contributed by atoms with E-state index < -0.39 is 12.1 Å². The summed E-state index contributed by atoms with van der Waals surface area (Å²) < 4.78 is 37.9. The Balaban J connectivity index is 1.89. The quantitative estimate of drug-likeness (QED) is 0.723. The molecule has 1 saturated carbocycles. The molecule has 1 nitrogen and oxygen atoms in total. The summed E-state index contributed by atoms with van der Waals surface area (Å²) in [6.07, 6.45) is -0.155. The molecular formula is C15H19ClF3N. The Morgan fingerprint density at radius 3 is 2.50 bits per heavy atom. The van der Waals surface area contributed by atoms with E-state index in [4.69, 9.17) is 11.6 Å². The second kappa shape index (κ2) is 6.33. The number of rotatable bonds is 3. The third kappa shape index (κ3) is 3.87. The largest absolute Gasteiger partial charge is 0.391 e. The van der Waals surface area contributed by atoms with Crippen molar-refractivity contribution >= 4 is 11.6 Å². The van der Waals surface area contributed by atoms with Gasteiger partial charge in [0.05, 0.1) is 5.92 Å². The van der Waals surface area contributed by atoms with Gasteiger partial charge in [0.1, 0.15) is 0 Å². The predicted molar refractivity (Wildman–Crippen MR) is 73.8 cm³/mol. The fourth-order valence-electron chi connectivity index (χ4n) is 2.89. The fourth-order valence-corrected chi connectivity index (χ4v) is 3.29. The van der Waals surface area contributed by atoms with Crippen LogP contribution < -0.4 is 0 Å². The molecule has 0 radical (unpaired) electrons. The van der Waals surface area contributed by atoms with Crippen LogP contribution in [0.15, 0.2) is 18.3 Å². The van der Waals surface area contributed by atoms with Gasteiger partial charge in [0.2, 0.25) is 0 Å². The second-order valence-corrected chi connectivity index (χ2v) is 6.20. The average molecular weight is 306 g/mol. The highest BCUT2D eigenvalue weighted by atomic mass is 35.5. The minimum atomic E-state index is -4.05. The van der Waals surface area contributed by atoms with Gasteiger partial charge in [-0.15, -0.1) is 11.6 Å². The summed E-state index contributed by atoms with van der Waals surface area (Å²) in [4.78, 5) is 4.30. The van der Waals surface area contributed by atoms with E-state index in [0.29, 0.717) is 19.3 Å². The van der Waals surface area contributed by atoms with Crippen LogP contribution in [0.2, 0.25) is 0 Å². The minimum absolute atomic E-state index is 0.127. The van der Waals surface area contributed by atoms with Crippen molar-refractivity contribution in [3.05, 3.63) is 29.6 Å². The number of alkyl halides is 4. The minimum Gasteiger partial charge on any atom is -0.261 e. The SMILES string of the molecule is Cc1cccnc1CC(Cl)C1CCC(C(F)(F)F)CC1. The van der Waals surface area contributed by atoms with Crippen LogP contribution in [-0.2, 0) is 6.42 Å². The monoisotopic (exact) mass is 305 g/mol. The van der Waals surface area contributed by atoms with E-state index in [1.165, 1.54) is 0 Å². The molecule has 0 bridgehead atoms. The van der Waals surface area contributed by atoms with Crippen molar-refractivity contribution < 1.29 is 13.2 Å². The summed E-state index contributed by atoms with van der Waals surface area (Å²) in [5, 5.41) is -0.127. The molecule has 1 aliphatic rings. The van der Waals surface area contributed by atoms with E-state index >= 15 is 0 Å². The van der Waals surface area contributed by atoms with Crippen molar-refractivity contribution in [1.29, 1.82) is 0 Å². The first-order valence-corrected chi connectivity index (χ1v) is 7.43. The smallest absolute Gasteiger partial charge is 0.261 e. The van der Waals surface area contributed by atoms with Crippen LogP contribution in [0.4, 0.5) is 13.2 Å². The summed E-state index contributed by atoms with van der Waals surface area (Å²) in [7, 11) is 0. The van der Waals surface area contributed by atoms with Crippen LogP contribution >= 0.6 is 11.6 Å². The topological polar surface area (TPSA) is 12.9 Å². The van der Waals surface area contributed by atoms with Crippen LogP contribution in [-0.4, -0.2) is 16.5 Å². The van der Waals surface area contributed by atoms with Gasteiger partial charge in [0, 0.05) is 23.7 Å². The molecule has 1 fully saturated rings. The van der Waals surface area contributed by atoms with Crippen molar-refractivity contribution in [2.45, 2.75) is 50.6 Å². The van der Waals surface area contributed by atoms with Crippen LogP contribution in [0.5, 0.6) is 0 Å². The van der Waals surface area contributed by atoms with Gasteiger partial charge in [0.15, 0.2) is 0 Å². The van der Waals surface area contributed by atoms with Gasteiger partial charge in [-0.2, -0.15) is 13.2 Å². The Morgan fingerprint density at radius 2 is 1.95 bits per heavy atom. The maximum absolute atomic E-state index is 12.6. The zero-order chi connectivity index (χ0) is 14.8. The maximum atomic E-state index is 12.6. The van der Waals surface area contributed by atoms with Crippen molar-refractivity contribution in [1.82, 2.24) is 4.98 Å². The van der Waals surface area contributed by atoms with Crippen LogP contribution in [0.3, 0.4) is 0 Å². The molecule has 1 heterocycles. The average Bonchev–Trinajstić information content (AvgIpc) is 2.40. The van der Waals surface area contributed by atoms with E-state index in [1.54, 1.807) is 6.20 Å². The number of nitrogens with zero attached hydrogens (tertiary/aromatic N) is 1. The highest BCUT2D eigenvalue weighted by Gasteiger charge is 2.42. The zero-order valence-corrected chi connectivity index (χ0v) is 12.2. The summed E-state index contributed by atoms with van der Waals surface area (Å²) in [5.74, 6) is -0.976. The first-order chi connectivity index (χ1) is 9.38. The number of aromatic nitrogens is 1. The molecule has 1 unspecified atom stereocenters. The maximum Gasteiger partial charge on any atom is 0.391 e. The third-order valence-corrected chi connectivity index (χ3v) is 4.76. The number of hydrogen-bond donors (Lipinski definition) is 0. The molecule has 0 aromatic carbocycles. The first-order valence-electron chi connectivity index (χ1n) is 6.99. The van der Waals surface area contributed by atoms with Gasteiger partial charge >= 0.3 is 6.18 Å². The molecule has 0 aliphatic heterocycles. The summed E-state index contributed by atoms with van der Waals surface area (Å²) in [6, 6.07) is 3.85. The van der Waals surface area contributed by atoms with Crippen molar-refractivity contribution in [2.24, 2.45) is 11.8 Å². The number of pyridine rings is 1. The Labute approximate surface area is 122 Å². The van der Waals surface area contributed by atoms with Gasteiger partial charge < -0.3 is 0 Å². The molecule has 1 aromatic rings. The lowest BCUT2D eigenvalue weighted by molar-refractivity contribution is -0.183. The van der Waals surface area contributed by atoms with Gasteiger partial charge in [-0.25, -0.2) is 0 Å². The predicted octanol–water partition coefficient (Wildman–Crippen LogP) is 4.91. The molecule has 0 amide bonds. The molecule has 1 aromatic heterocycles. The molecule has 2 rings (SSSR count). The van der Waals surface area contributed by atoms with Gasteiger partial charge in [0.25, 0.3) is 0 Å². The molecule has 0 spiro atoms. The molecule has 5 heteroatoms. The number of halogens is 4. The van der Waals surface area contributed by atoms with Gasteiger partial charge in [-0.1, -0.05) is 6.07 Å². The molecule has 112 valence electrons. The standard InChI is InChI=1S/C15H19ClF3N/c1-10-3-2-8-20-14(10)9-13(16)11-4-6-12(7-5-11)15(17,18)19/h2-3,8,11-13H,4-7,9H2,1H3. The first kappa shape index (κ1) is 15.6.